The molecule has 0 spiro atoms. The second-order valence-electron chi connectivity index (χ2n) is 4.91. The molecule has 0 N–H and O–H groups in total. The van der Waals surface area contributed by atoms with Crippen LogP contribution < -0.4 is 4.74 Å². The van der Waals surface area contributed by atoms with E-state index in [1.807, 2.05) is 24.3 Å². The molecule has 0 saturated carbocycles. The van der Waals surface area contributed by atoms with Crippen LogP contribution in [-0.4, -0.2) is 36.8 Å². The van der Waals surface area contributed by atoms with E-state index in [1.165, 1.54) is 0 Å². The molecule has 1 aliphatic rings. The molecule has 0 aliphatic carbocycles. The van der Waals surface area contributed by atoms with E-state index in [0.29, 0.717) is 12.8 Å². The number of ether oxygens (including phenoxy) is 1. The minimum atomic E-state index is 0.100. The van der Waals surface area contributed by atoms with Crippen molar-refractivity contribution >= 4 is 12.2 Å². The first-order valence-electron chi connectivity index (χ1n) is 6.58. The number of nitrogens with zero attached hydrogens (tertiary/aromatic N) is 1. The fourth-order valence-corrected chi connectivity index (χ4v) is 2.52. The van der Waals surface area contributed by atoms with Gasteiger partial charge in [-0.1, -0.05) is 12.1 Å². The van der Waals surface area contributed by atoms with Crippen LogP contribution in [0.15, 0.2) is 24.3 Å². The Morgan fingerprint density at radius 1 is 1.42 bits per heavy atom. The summed E-state index contributed by atoms with van der Waals surface area (Å²) < 4.78 is 5.08. The second kappa shape index (κ2) is 6.36. The number of rotatable bonds is 6. The molecule has 4 heteroatoms. The van der Waals surface area contributed by atoms with E-state index in [2.05, 4.69) is 0 Å². The topological polar surface area (TPSA) is 46.6 Å². The Morgan fingerprint density at radius 3 is 2.79 bits per heavy atom. The Labute approximate surface area is 113 Å². The Hall–Kier alpha value is -1.84. The molecule has 0 radical (unpaired) electrons. The Morgan fingerprint density at radius 2 is 2.16 bits per heavy atom. The highest BCUT2D eigenvalue weighted by Gasteiger charge is 2.25. The molecular weight excluding hydrogens is 242 g/mol. The van der Waals surface area contributed by atoms with E-state index in [-0.39, 0.29) is 11.8 Å². The van der Waals surface area contributed by atoms with Crippen LogP contribution in [0.4, 0.5) is 0 Å². The van der Waals surface area contributed by atoms with Crippen LogP contribution >= 0.6 is 0 Å². The minimum absolute atomic E-state index is 0.100. The van der Waals surface area contributed by atoms with Crippen LogP contribution in [0.3, 0.4) is 0 Å². The van der Waals surface area contributed by atoms with Gasteiger partial charge in [-0.25, -0.2) is 0 Å². The molecule has 19 heavy (non-hydrogen) atoms. The standard InChI is InChI=1S/C15H19NO3/c1-19-15-6-4-12(5-7-15)9-14(18)10-13-3-2-8-16(13)11-17/h4-7,11,13H,2-3,8-10H2,1H3. The average Bonchev–Trinajstić information content (AvgIpc) is 2.86. The van der Waals surface area contributed by atoms with Gasteiger partial charge in [-0.05, 0) is 30.5 Å². The number of carbonyl (C=O) groups is 2. The van der Waals surface area contributed by atoms with Crippen LogP contribution in [0.5, 0.6) is 5.75 Å². The summed E-state index contributed by atoms with van der Waals surface area (Å²) in [5, 5.41) is 0. The summed E-state index contributed by atoms with van der Waals surface area (Å²) >= 11 is 0. The highest BCUT2D eigenvalue weighted by molar-refractivity contribution is 5.81. The number of hydrogen-bond donors (Lipinski definition) is 0. The molecule has 2 rings (SSSR count). The number of hydrogen-bond acceptors (Lipinski definition) is 3. The molecule has 1 heterocycles. The molecule has 0 aromatic heterocycles. The van der Waals surface area contributed by atoms with Crippen molar-refractivity contribution in [2.24, 2.45) is 0 Å². The summed E-state index contributed by atoms with van der Waals surface area (Å²) in [5.74, 6) is 0.975. The summed E-state index contributed by atoms with van der Waals surface area (Å²) in [5.41, 5.74) is 0.987. The highest BCUT2D eigenvalue weighted by atomic mass is 16.5. The van der Waals surface area contributed by atoms with Gasteiger partial charge in [-0.15, -0.1) is 0 Å². The van der Waals surface area contributed by atoms with Crippen LogP contribution in [0.2, 0.25) is 0 Å². The maximum Gasteiger partial charge on any atom is 0.209 e. The largest absolute Gasteiger partial charge is 0.497 e. The molecule has 1 saturated heterocycles. The van der Waals surface area contributed by atoms with Crippen molar-refractivity contribution in [3.8, 4) is 5.75 Å². The van der Waals surface area contributed by atoms with Gasteiger partial charge in [0.05, 0.1) is 7.11 Å². The third kappa shape index (κ3) is 3.56. The third-order valence-electron chi connectivity index (χ3n) is 3.58. The van der Waals surface area contributed by atoms with Crippen LogP contribution in [0.25, 0.3) is 0 Å². The minimum Gasteiger partial charge on any atom is -0.497 e. The first-order chi connectivity index (χ1) is 9.22. The SMILES string of the molecule is COc1ccc(CC(=O)CC2CCCN2C=O)cc1. The van der Waals surface area contributed by atoms with Crippen molar-refractivity contribution in [2.75, 3.05) is 13.7 Å². The van der Waals surface area contributed by atoms with E-state index in [4.69, 9.17) is 4.74 Å². The molecule has 1 amide bonds. The van der Waals surface area contributed by atoms with Crippen molar-refractivity contribution in [1.82, 2.24) is 4.90 Å². The summed E-state index contributed by atoms with van der Waals surface area (Å²) in [7, 11) is 1.62. The normalized spacial score (nSPS) is 18.4. The molecule has 1 aliphatic heterocycles. The second-order valence-corrected chi connectivity index (χ2v) is 4.91. The zero-order valence-electron chi connectivity index (χ0n) is 11.2. The molecule has 1 unspecified atom stereocenters. The maximum atomic E-state index is 12.0. The molecule has 102 valence electrons. The van der Waals surface area contributed by atoms with Crippen molar-refractivity contribution in [3.63, 3.8) is 0 Å². The quantitative estimate of drug-likeness (QED) is 0.734. The number of amides is 1. The lowest BCUT2D eigenvalue weighted by atomic mass is 10.0. The van der Waals surface area contributed by atoms with Gasteiger partial charge in [0.15, 0.2) is 0 Å². The molecule has 0 bridgehead atoms. The van der Waals surface area contributed by atoms with Gasteiger partial charge in [0.25, 0.3) is 0 Å². The lowest BCUT2D eigenvalue weighted by Gasteiger charge is -2.18. The van der Waals surface area contributed by atoms with E-state index in [0.717, 1.165) is 37.1 Å². The van der Waals surface area contributed by atoms with Gasteiger partial charge < -0.3 is 9.64 Å². The number of carbonyl (C=O) groups excluding carboxylic acids is 2. The summed E-state index contributed by atoms with van der Waals surface area (Å²) in [6, 6.07) is 7.63. The van der Waals surface area contributed by atoms with Gasteiger partial charge in [-0.2, -0.15) is 0 Å². The van der Waals surface area contributed by atoms with Gasteiger partial charge in [0.2, 0.25) is 6.41 Å². The molecule has 1 aromatic rings. The zero-order valence-corrected chi connectivity index (χ0v) is 11.2. The van der Waals surface area contributed by atoms with Gasteiger partial charge in [0, 0.05) is 25.4 Å². The number of methoxy groups -OCH3 is 1. The van der Waals surface area contributed by atoms with Crippen LogP contribution in [-0.2, 0) is 16.0 Å². The molecule has 1 fully saturated rings. The molecule has 4 nitrogen and oxygen atoms in total. The highest BCUT2D eigenvalue weighted by Crippen LogP contribution is 2.19. The van der Waals surface area contributed by atoms with Crippen molar-refractivity contribution in [2.45, 2.75) is 31.7 Å². The summed E-state index contributed by atoms with van der Waals surface area (Å²) in [4.78, 5) is 24.6. The predicted octanol–water partition coefficient (Wildman–Crippen LogP) is 1.82. The Balaban J connectivity index is 1.88. The molecular formula is C15H19NO3. The predicted molar refractivity (Wildman–Crippen MR) is 72.1 cm³/mol. The summed E-state index contributed by atoms with van der Waals surface area (Å²) in [6.45, 7) is 0.782. The van der Waals surface area contributed by atoms with Gasteiger partial charge in [-0.3, -0.25) is 9.59 Å². The average molecular weight is 261 g/mol. The Kier molecular flexibility index (Phi) is 4.55. The number of ketones is 1. The number of benzene rings is 1. The van der Waals surface area contributed by atoms with Crippen molar-refractivity contribution < 1.29 is 14.3 Å². The van der Waals surface area contributed by atoms with E-state index < -0.39 is 0 Å². The van der Waals surface area contributed by atoms with Crippen molar-refractivity contribution in [1.29, 1.82) is 0 Å². The fourth-order valence-electron chi connectivity index (χ4n) is 2.52. The lowest BCUT2D eigenvalue weighted by molar-refractivity contribution is -0.122. The first kappa shape index (κ1) is 13.6. The van der Waals surface area contributed by atoms with Crippen LogP contribution in [0.1, 0.15) is 24.8 Å². The number of likely N-dealkylation sites (tertiary alicyclic amines) is 1. The van der Waals surface area contributed by atoms with Gasteiger partial charge in [0.1, 0.15) is 11.5 Å². The monoisotopic (exact) mass is 261 g/mol. The molecule has 1 atom stereocenters. The lowest BCUT2D eigenvalue weighted by Crippen LogP contribution is -2.30. The Bertz CT molecular complexity index is 441. The smallest absolute Gasteiger partial charge is 0.209 e. The molecule has 1 aromatic carbocycles. The van der Waals surface area contributed by atoms with E-state index >= 15 is 0 Å². The van der Waals surface area contributed by atoms with Crippen LogP contribution in [0, 0.1) is 0 Å². The third-order valence-corrected chi connectivity index (χ3v) is 3.58. The van der Waals surface area contributed by atoms with Gasteiger partial charge >= 0.3 is 0 Å². The van der Waals surface area contributed by atoms with E-state index in [1.54, 1.807) is 12.0 Å². The maximum absolute atomic E-state index is 12.0. The van der Waals surface area contributed by atoms with Crippen molar-refractivity contribution in [3.05, 3.63) is 29.8 Å². The first-order valence-corrected chi connectivity index (χ1v) is 6.58. The zero-order chi connectivity index (χ0) is 13.7. The fraction of sp³-hybridized carbons (Fsp3) is 0.467. The van der Waals surface area contributed by atoms with E-state index in [9.17, 15) is 9.59 Å². The number of Topliss-reactive ketones (excluding diaryl/α,β-unsaturated/α-hetero) is 1. The summed E-state index contributed by atoms with van der Waals surface area (Å²) in [6.07, 6.45) is 3.68.